The Kier molecular flexibility index (Phi) is 4.54. The van der Waals surface area contributed by atoms with Crippen LogP contribution >= 0.6 is 23.2 Å². The van der Waals surface area contributed by atoms with E-state index in [-0.39, 0.29) is 12.0 Å². The van der Waals surface area contributed by atoms with Gasteiger partial charge in [-0.25, -0.2) is 4.98 Å². The van der Waals surface area contributed by atoms with Crippen molar-refractivity contribution in [2.45, 2.75) is 12.6 Å². The number of hydrogen-bond donors (Lipinski definition) is 0. The second-order valence-corrected chi connectivity index (χ2v) is 5.06. The van der Waals surface area contributed by atoms with Gasteiger partial charge in [-0.1, -0.05) is 35.3 Å². The Morgan fingerprint density at radius 2 is 1.86 bits per heavy atom. The maximum Gasteiger partial charge on any atom is 0.433 e. The zero-order chi connectivity index (χ0) is 15.6. The largest absolute Gasteiger partial charge is 0.433 e. The molecule has 2 aromatic rings. The van der Waals surface area contributed by atoms with Gasteiger partial charge in [-0.15, -0.1) is 0 Å². The minimum absolute atomic E-state index is 0.0205. The van der Waals surface area contributed by atoms with E-state index in [1.165, 1.54) is 0 Å². The van der Waals surface area contributed by atoms with Crippen LogP contribution in [-0.4, -0.2) is 10.8 Å². The van der Waals surface area contributed by atoms with Crippen LogP contribution in [0, 0.1) is 0 Å². The van der Waals surface area contributed by atoms with Gasteiger partial charge < -0.3 is 0 Å². The van der Waals surface area contributed by atoms with Crippen molar-refractivity contribution in [1.29, 1.82) is 0 Å². The van der Waals surface area contributed by atoms with Crippen molar-refractivity contribution in [2.75, 3.05) is 0 Å². The molecule has 2 rings (SSSR count). The van der Waals surface area contributed by atoms with E-state index >= 15 is 0 Å². The molecular formula is C14H8Cl2F3NO. The maximum absolute atomic E-state index is 12.5. The molecule has 1 aromatic heterocycles. The molecule has 0 saturated carbocycles. The molecule has 0 spiro atoms. The van der Waals surface area contributed by atoms with Gasteiger partial charge in [0.2, 0.25) is 0 Å². The second-order valence-electron chi connectivity index (χ2n) is 4.26. The minimum Gasteiger partial charge on any atom is -0.294 e. The summed E-state index contributed by atoms with van der Waals surface area (Å²) in [6.45, 7) is 0. The lowest BCUT2D eigenvalue weighted by Gasteiger charge is -2.08. The fourth-order valence-corrected chi connectivity index (χ4v) is 2.20. The highest BCUT2D eigenvalue weighted by molar-refractivity contribution is 6.33. The number of aromatic nitrogens is 1. The molecule has 0 unspecified atom stereocenters. The summed E-state index contributed by atoms with van der Waals surface area (Å²) in [5, 5.41) is 0.00814. The Morgan fingerprint density at radius 3 is 2.43 bits per heavy atom. The molecule has 0 aliphatic rings. The maximum atomic E-state index is 12.5. The number of alkyl halides is 3. The van der Waals surface area contributed by atoms with Gasteiger partial charge in [0, 0.05) is 11.4 Å². The van der Waals surface area contributed by atoms with Crippen LogP contribution < -0.4 is 0 Å². The highest BCUT2D eigenvalue weighted by atomic mass is 35.5. The van der Waals surface area contributed by atoms with Crippen molar-refractivity contribution < 1.29 is 18.0 Å². The number of carbonyl (C=O) groups is 1. The highest BCUT2D eigenvalue weighted by Crippen LogP contribution is 2.29. The van der Waals surface area contributed by atoms with Gasteiger partial charge in [0.05, 0.1) is 5.56 Å². The lowest BCUT2D eigenvalue weighted by molar-refractivity contribution is -0.141. The van der Waals surface area contributed by atoms with Crippen LogP contribution in [0.5, 0.6) is 0 Å². The molecule has 0 N–H and O–H groups in total. The fourth-order valence-electron chi connectivity index (χ4n) is 1.73. The van der Waals surface area contributed by atoms with E-state index in [4.69, 9.17) is 23.2 Å². The lowest BCUT2D eigenvalue weighted by Crippen LogP contribution is -2.11. The number of benzene rings is 1. The number of nitrogens with zero attached hydrogens (tertiary/aromatic N) is 1. The van der Waals surface area contributed by atoms with Gasteiger partial charge in [-0.05, 0) is 29.8 Å². The Morgan fingerprint density at radius 1 is 1.14 bits per heavy atom. The molecule has 21 heavy (non-hydrogen) atoms. The molecule has 0 aliphatic heterocycles. The number of hydrogen-bond acceptors (Lipinski definition) is 2. The molecule has 2 nitrogen and oxygen atoms in total. The molecular weight excluding hydrogens is 326 g/mol. The van der Waals surface area contributed by atoms with Crippen molar-refractivity contribution in [1.82, 2.24) is 4.98 Å². The topological polar surface area (TPSA) is 30.0 Å². The van der Waals surface area contributed by atoms with Gasteiger partial charge in [0.25, 0.3) is 0 Å². The van der Waals surface area contributed by atoms with Gasteiger partial charge in [-0.3, -0.25) is 4.79 Å². The van der Waals surface area contributed by atoms with Crippen LogP contribution in [0.25, 0.3) is 0 Å². The summed E-state index contributed by atoms with van der Waals surface area (Å²) >= 11 is 11.5. The standard InChI is InChI=1S/C14H8Cl2F3NO/c15-9-3-1-2-8(6-9)7-11(21)10-4-5-12(14(17,18)19)20-13(10)16/h1-6H,7H2. The summed E-state index contributed by atoms with van der Waals surface area (Å²) in [5.74, 6) is -0.427. The van der Waals surface area contributed by atoms with E-state index < -0.39 is 22.8 Å². The molecule has 0 bridgehead atoms. The average molecular weight is 334 g/mol. The molecule has 0 fully saturated rings. The molecule has 0 atom stereocenters. The molecule has 1 heterocycles. The quantitative estimate of drug-likeness (QED) is 0.594. The zero-order valence-corrected chi connectivity index (χ0v) is 11.9. The van der Waals surface area contributed by atoms with E-state index in [9.17, 15) is 18.0 Å². The van der Waals surface area contributed by atoms with Gasteiger partial charge >= 0.3 is 6.18 Å². The van der Waals surface area contributed by atoms with Crippen LogP contribution in [0.1, 0.15) is 21.6 Å². The fraction of sp³-hybridized carbons (Fsp3) is 0.143. The van der Waals surface area contributed by atoms with Gasteiger partial charge in [-0.2, -0.15) is 13.2 Å². The van der Waals surface area contributed by atoms with E-state index in [2.05, 4.69) is 4.98 Å². The smallest absolute Gasteiger partial charge is 0.294 e. The number of rotatable bonds is 3. The van der Waals surface area contributed by atoms with Crippen LogP contribution in [0.2, 0.25) is 10.2 Å². The van der Waals surface area contributed by atoms with E-state index in [0.717, 1.165) is 12.1 Å². The summed E-state index contributed by atoms with van der Waals surface area (Å²) < 4.78 is 37.4. The molecule has 110 valence electrons. The number of carbonyl (C=O) groups excluding carboxylic acids is 1. The summed E-state index contributed by atoms with van der Waals surface area (Å²) in [6, 6.07) is 8.39. The highest BCUT2D eigenvalue weighted by Gasteiger charge is 2.33. The number of halogens is 5. The molecule has 1 aromatic carbocycles. The molecule has 0 amide bonds. The van der Waals surface area contributed by atoms with Crippen LogP contribution in [-0.2, 0) is 12.6 Å². The normalized spacial score (nSPS) is 11.5. The minimum atomic E-state index is -4.60. The Hall–Kier alpha value is -1.59. The van der Waals surface area contributed by atoms with E-state index in [1.807, 2.05) is 0 Å². The first-order valence-electron chi connectivity index (χ1n) is 5.79. The first-order valence-corrected chi connectivity index (χ1v) is 6.54. The Bertz CT molecular complexity index is 686. The third-order valence-electron chi connectivity index (χ3n) is 2.69. The van der Waals surface area contributed by atoms with Crippen molar-refractivity contribution in [2.24, 2.45) is 0 Å². The number of Topliss-reactive ketones (excluding diaryl/α,β-unsaturated/α-hetero) is 1. The van der Waals surface area contributed by atoms with E-state index in [0.29, 0.717) is 10.6 Å². The predicted octanol–water partition coefficient (Wildman–Crippen LogP) is 4.83. The molecule has 7 heteroatoms. The SMILES string of the molecule is O=C(Cc1cccc(Cl)c1)c1ccc(C(F)(F)F)nc1Cl. The predicted molar refractivity (Wildman–Crippen MR) is 73.7 cm³/mol. The van der Waals surface area contributed by atoms with Crippen LogP contribution in [0.3, 0.4) is 0 Å². The molecule has 0 aliphatic carbocycles. The zero-order valence-electron chi connectivity index (χ0n) is 10.4. The van der Waals surface area contributed by atoms with Gasteiger partial charge in [0.15, 0.2) is 5.78 Å². The van der Waals surface area contributed by atoms with Crippen molar-refractivity contribution >= 4 is 29.0 Å². The summed E-state index contributed by atoms with van der Waals surface area (Å²) in [4.78, 5) is 15.3. The molecule has 0 radical (unpaired) electrons. The van der Waals surface area contributed by atoms with E-state index in [1.54, 1.807) is 24.3 Å². The average Bonchev–Trinajstić information content (AvgIpc) is 2.37. The van der Waals surface area contributed by atoms with Crippen LogP contribution in [0.15, 0.2) is 36.4 Å². The first kappa shape index (κ1) is 15.8. The van der Waals surface area contributed by atoms with Crippen molar-refractivity contribution in [3.8, 4) is 0 Å². The third kappa shape index (κ3) is 3.95. The lowest BCUT2D eigenvalue weighted by atomic mass is 10.0. The van der Waals surface area contributed by atoms with Crippen LogP contribution in [0.4, 0.5) is 13.2 Å². The number of ketones is 1. The van der Waals surface area contributed by atoms with Gasteiger partial charge in [0.1, 0.15) is 10.8 Å². The van der Waals surface area contributed by atoms with Crippen molar-refractivity contribution in [3.05, 3.63) is 63.4 Å². The Labute approximate surface area is 128 Å². The monoisotopic (exact) mass is 333 g/mol. The molecule has 0 saturated heterocycles. The second kappa shape index (κ2) is 6.03. The summed E-state index contributed by atoms with van der Waals surface area (Å²) in [5.41, 5.74) is -0.542. The third-order valence-corrected chi connectivity index (χ3v) is 3.22. The Balaban J connectivity index is 2.24. The van der Waals surface area contributed by atoms with Crippen molar-refractivity contribution in [3.63, 3.8) is 0 Å². The summed E-state index contributed by atoms with van der Waals surface area (Å²) in [7, 11) is 0. The first-order chi connectivity index (χ1) is 9.77. The summed E-state index contributed by atoms with van der Waals surface area (Å²) in [6.07, 6.45) is -4.62. The number of pyridine rings is 1.